The Bertz CT molecular complexity index is 883. The van der Waals surface area contributed by atoms with Crippen LogP contribution >= 0.6 is 27.5 Å². The SMILES string of the molecule is CN(CC(=O)Nc1cc(Cl)ccc1-n1cncn1)Cc1ccc(Br)cc1. The Hall–Kier alpha value is -2.22. The van der Waals surface area contributed by atoms with Crippen molar-refractivity contribution in [2.75, 3.05) is 18.9 Å². The van der Waals surface area contributed by atoms with E-state index < -0.39 is 0 Å². The second-order valence-corrected chi connectivity index (χ2v) is 7.20. The number of benzene rings is 2. The Kier molecular flexibility index (Phi) is 6.03. The number of halogens is 2. The molecule has 3 aromatic rings. The van der Waals surface area contributed by atoms with E-state index in [1.54, 1.807) is 29.2 Å². The molecule has 1 heterocycles. The first-order chi connectivity index (χ1) is 12.5. The highest BCUT2D eigenvalue weighted by molar-refractivity contribution is 9.10. The van der Waals surface area contributed by atoms with Crippen LogP contribution in [0.5, 0.6) is 0 Å². The molecule has 0 saturated heterocycles. The highest BCUT2D eigenvalue weighted by atomic mass is 79.9. The summed E-state index contributed by atoms with van der Waals surface area (Å²) in [6.45, 7) is 0.922. The third-order valence-electron chi connectivity index (χ3n) is 3.68. The third kappa shape index (κ3) is 4.91. The van der Waals surface area contributed by atoms with Crippen molar-refractivity contribution in [3.63, 3.8) is 0 Å². The predicted octanol–water partition coefficient (Wildman–Crippen LogP) is 3.75. The number of hydrogen-bond donors (Lipinski definition) is 1. The fraction of sp³-hybridized carbons (Fsp3) is 0.167. The smallest absolute Gasteiger partial charge is 0.238 e. The summed E-state index contributed by atoms with van der Waals surface area (Å²) >= 11 is 9.49. The number of nitrogens with zero attached hydrogens (tertiary/aromatic N) is 4. The highest BCUT2D eigenvalue weighted by Crippen LogP contribution is 2.24. The van der Waals surface area contributed by atoms with Gasteiger partial charge in [-0.25, -0.2) is 9.67 Å². The summed E-state index contributed by atoms with van der Waals surface area (Å²) in [5.74, 6) is -0.131. The first kappa shape index (κ1) is 18.6. The van der Waals surface area contributed by atoms with Gasteiger partial charge in [-0.2, -0.15) is 5.10 Å². The molecule has 3 rings (SSSR count). The molecule has 0 fully saturated rings. The van der Waals surface area contributed by atoms with E-state index in [2.05, 4.69) is 31.3 Å². The third-order valence-corrected chi connectivity index (χ3v) is 4.44. The maximum Gasteiger partial charge on any atom is 0.238 e. The number of hydrogen-bond acceptors (Lipinski definition) is 4. The molecule has 0 saturated carbocycles. The van der Waals surface area contributed by atoms with Crippen LogP contribution in [0, 0.1) is 0 Å². The molecule has 1 aromatic heterocycles. The number of amides is 1. The van der Waals surface area contributed by atoms with Crippen molar-refractivity contribution in [3.05, 3.63) is 70.2 Å². The Morgan fingerprint density at radius 3 is 2.73 bits per heavy atom. The van der Waals surface area contributed by atoms with Gasteiger partial charge in [-0.15, -0.1) is 0 Å². The Morgan fingerprint density at radius 2 is 2.04 bits per heavy atom. The van der Waals surface area contributed by atoms with E-state index in [1.165, 1.54) is 6.33 Å². The summed E-state index contributed by atoms with van der Waals surface area (Å²) in [7, 11) is 1.90. The minimum atomic E-state index is -0.131. The summed E-state index contributed by atoms with van der Waals surface area (Å²) in [4.78, 5) is 18.3. The van der Waals surface area contributed by atoms with Crippen molar-refractivity contribution >= 4 is 39.1 Å². The molecule has 1 N–H and O–H groups in total. The van der Waals surface area contributed by atoms with E-state index in [1.807, 2.05) is 36.2 Å². The van der Waals surface area contributed by atoms with E-state index in [4.69, 9.17) is 11.6 Å². The van der Waals surface area contributed by atoms with Crippen LogP contribution in [0.25, 0.3) is 5.69 Å². The van der Waals surface area contributed by atoms with E-state index >= 15 is 0 Å². The van der Waals surface area contributed by atoms with Crippen molar-refractivity contribution in [3.8, 4) is 5.69 Å². The second kappa shape index (κ2) is 8.44. The zero-order valence-corrected chi connectivity index (χ0v) is 16.4. The number of carbonyl (C=O) groups is 1. The van der Waals surface area contributed by atoms with Gasteiger partial charge in [0, 0.05) is 16.0 Å². The Balaban J connectivity index is 1.66. The normalized spacial score (nSPS) is 10.9. The zero-order chi connectivity index (χ0) is 18.5. The summed E-state index contributed by atoms with van der Waals surface area (Å²) in [5.41, 5.74) is 2.43. The highest BCUT2D eigenvalue weighted by Gasteiger charge is 2.12. The molecular weight excluding hydrogens is 418 g/mol. The van der Waals surface area contributed by atoms with E-state index in [0.717, 1.165) is 10.0 Å². The number of aromatic nitrogens is 3. The van der Waals surface area contributed by atoms with Crippen LogP contribution in [-0.2, 0) is 11.3 Å². The van der Waals surface area contributed by atoms with Gasteiger partial charge in [-0.3, -0.25) is 9.69 Å². The van der Waals surface area contributed by atoms with Gasteiger partial charge in [-0.1, -0.05) is 39.7 Å². The van der Waals surface area contributed by atoms with Gasteiger partial charge in [0.05, 0.1) is 17.9 Å². The lowest BCUT2D eigenvalue weighted by molar-refractivity contribution is -0.117. The largest absolute Gasteiger partial charge is 0.323 e. The average Bonchev–Trinajstić information content (AvgIpc) is 3.11. The number of rotatable bonds is 6. The molecule has 0 radical (unpaired) electrons. The molecule has 0 spiro atoms. The minimum absolute atomic E-state index is 0.131. The number of carbonyl (C=O) groups excluding carboxylic acids is 1. The molecule has 2 aromatic carbocycles. The molecule has 0 unspecified atom stereocenters. The topological polar surface area (TPSA) is 63.1 Å². The standard InChI is InChI=1S/C18H17BrClN5O/c1-24(9-13-2-4-14(19)5-3-13)10-18(26)23-16-8-15(20)6-7-17(16)25-12-21-11-22-25/h2-8,11-12H,9-10H2,1H3,(H,23,26). The summed E-state index contributed by atoms with van der Waals surface area (Å²) < 4.78 is 2.61. The van der Waals surface area contributed by atoms with Gasteiger partial charge in [-0.05, 0) is 42.9 Å². The van der Waals surface area contributed by atoms with E-state index in [-0.39, 0.29) is 12.5 Å². The number of likely N-dealkylation sites (N-methyl/N-ethyl adjacent to an activating group) is 1. The van der Waals surface area contributed by atoms with Crippen molar-refractivity contribution in [2.24, 2.45) is 0 Å². The van der Waals surface area contributed by atoms with Crippen LogP contribution in [0.2, 0.25) is 5.02 Å². The van der Waals surface area contributed by atoms with E-state index in [9.17, 15) is 4.79 Å². The van der Waals surface area contributed by atoms with E-state index in [0.29, 0.717) is 22.9 Å². The molecule has 134 valence electrons. The van der Waals surface area contributed by atoms with Crippen LogP contribution in [0.15, 0.2) is 59.6 Å². The molecular formula is C18H17BrClN5O. The quantitative estimate of drug-likeness (QED) is 0.642. The monoisotopic (exact) mass is 433 g/mol. The first-order valence-electron chi connectivity index (χ1n) is 7.88. The molecule has 0 atom stereocenters. The Morgan fingerprint density at radius 1 is 1.27 bits per heavy atom. The summed E-state index contributed by atoms with van der Waals surface area (Å²) in [5, 5.41) is 7.54. The first-order valence-corrected chi connectivity index (χ1v) is 9.06. The van der Waals surface area contributed by atoms with Crippen LogP contribution < -0.4 is 5.32 Å². The summed E-state index contributed by atoms with van der Waals surface area (Å²) in [6, 6.07) is 13.3. The van der Waals surface area contributed by atoms with Crippen LogP contribution in [0.3, 0.4) is 0 Å². The molecule has 1 amide bonds. The molecule has 0 aliphatic carbocycles. The molecule has 0 aliphatic rings. The zero-order valence-electron chi connectivity index (χ0n) is 14.1. The molecule has 0 aliphatic heterocycles. The van der Waals surface area contributed by atoms with Gasteiger partial charge < -0.3 is 5.32 Å². The van der Waals surface area contributed by atoms with Gasteiger partial charge in [0.1, 0.15) is 12.7 Å². The predicted molar refractivity (Wildman–Crippen MR) is 105 cm³/mol. The maximum atomic E-state index is 12.5. The van der Waals surface area contributed by atoms with Crippen molar-refractivity contribution in [2.45, 2.75) is 6.54 Å². The maximum absolute atomic E-state index is 12.5. The molecule has 26 heavy (non-hydrogen) atoms. The summed E-state index contributed by atoms with van der Waals surface area (Å²) in [6.07, 6.45) is 3.00. The van der Waals surface area contributed by atoms with Crippen LogP contribution in [0.4, 0.5) is 5.69 Å². The number of nitrogens with one attached hydrogen (secondary N) is 1. The molecule has 0 bridgehead atoms. The fourth-order valence-corrected chi connectivity index (χ4v) is 2.97. The molecule has 6 nitrogen and oxygen atoms in total. The van der Waals surface area contributed by atoms with Gasteiger partial charge in [0.2, 0.25) is 5.91 Å². The van der Waals surface area contributed by atoms with Gasteiger partial charge >= 0.3 is 0 Å². The van der Waals surface area contributed by atoms with Gasteiger partial charge in [0.25, 0.3) is 0 Å². The van der Waals surface area contributed by atoms with Crippen LogP contribution in [-0.4, -0.2) is 39.2 Å². The van der Waals surface area contributed by atoms with Crippen molar-refractivity contribution in [1.82, 2.24) is 19.7 Å². The van der Waals surface area contributed by atoms with Crippen LogP contribution in [0.1, 0.15) is 5.56 Å². The Labute approximate surface area is 164 Å². The lowest BCUT2D eigenvalue weighted by Gasteiger charge is -2.17. The second-order valence-electron chi connectivity index (χ2n) is 5.85. The van der Waals surface area contributed by atoms with Crippen molar-refractivity contribution < 1.29 is 4.79 Å². The van der Waals surface area contributed by atoms with Crippen molar-refractivity contribution in [1.29, 1.82) is 0 Å². The lowest BCUT2D eigenvalue weighted by atomic mass is 10.2. The minimum Gasteiger partial charge on any atom is -0.323 e. The number of anilines is 1. The molecule has 8 heteroatoms. The van der Waals surface area contributed by atoms with Gasteiger partial charge in [0.15, 0.2) is 0 Å². The fourth-order valence-electron chi connectivity index (χ4n) is 2.53. The average molecular weight is 435 g/mol. The lowest BCUT2D eigenvalue weighted by Crippen LogP contribution is -2.30.